The maximum atomic E-state index is 12.3. The first-order valence-electron chi connectivity index (χ1n) is 7.63. The maximum absolute atomic E-state index is 12.3. The fourth-order valence-electron chi connectivity index (χ4n) is 2.33. The number of ether oxygens (including phenoxy) is 3. The zero-order valence-electron chi connectivity index (χ0n) is 13.6. The number of benzene rings is 1. The Kier molecular flexibility index (Phi) is 4.65. The van der Waals surface area contributed by atoms with Crippen molar-refractivity contribution in [2.24, 2.45) is 0 Å². The van der Waals surface area contributed by atoms with E-state index in [1.165, 1.54) is 0 Å². The fraction of sp³-hybridized carbons (Fsp3) is 0.222. The molecule has 0 amide bonds. The summed E-state index contributed by atoms with van der Waals surface area (Å²) >= 11 is 0. The predicted molar refractivity (Wildman–Crippen MR) is 88.5 cm³/mol. The number of fused-ring (bicyclic) bond motifs is 1. The van der Waals surface area contributed by atoms with E-state index >= 15 is 0 Å². The number of imidazole rings is 1. The molecular formula is C18H18N2O4. The first-order valence-corrected chi connectivity index (χ1v) is 7.63. The molecule has 1 aromatic carbocycles. The highest BCUT2D eigenvalue weighted by molar-refractivity contribution is 5.91. The van der Waals surface area contributed by atoms with Gasteiger partial charge in [0.25, 0.3) is 0 Å². The number of carbonyl (C=O) groups excluding carboxylic acids is 1. The first-order chi connectivity index (χ1) is 11.7. The van der Waals surface area contributed by atoms with Crippen molar-refractivity contribution in [3.8, 4) is 11.6 Å². The summed E-state index contributed by atoms with van der Waals surface area (Å²) in [7, 11) is 1.62. The molecule has 0 unspecified atom stereocenters. The van der Waals surface area contributed by atoms with Crippen molar-refractivity contribution in [1.29, 1.82) is 0 Å². The van der Waals surface area contributed by atoms with Crippen LogP contribution in [0.4, 0.5) is 0 Å². The molecule has 0 spiro atoms. The molecule has 0 atom stereocenters. The molecule has 0 aliphatic carbocycles. The van der Waals surface area contributed by atoms with Gasteiger partial charge in [0.2, 0.25) is 5.88 Å². The van der Waals surface area contributed by atoms with Crippen LogP contribution in [0.1, 0.15) is 23.0 Å². The summed E-state index contributed by atoms with van der Waals surface area (Å²) in [5.41, 5.74) is 1.87. The fourth-order valence-corrected chi connectivity index (χ4v) is 2.33. The van der Waals surface area contributed by atoms with Gasteiger partial charge in [-0.2, -0.15) is 4.98 Å². The van der Waals surface area contributed by atoms with Crippen LogP contribution in [-0.2, 0) is 11.3 Å². The lowest BCUT2D eigenvalue weighted by atomic mass is 10.2. The van der Waals surface area contributed by atoms with Crippen molar-refractivity contribution in [1.82, 2.24) is 9.38 Å². The second-order valence-electron chi connectivity index (χ2n) is 5.05. The number of carbonyl (C=O) groups is 1. The summed E-state index contributed by atoms with van der Waals surface area (Å²) in [5, 5.41) is 0. The van der Waals surface area contributed by atoms with Crippen LogP contribution in [0.15, 0.2) is 48.7 Å². The first kappa shape index (κ1) is 15.9. The molecule has 3 aromatic rings. The van der Waals surface area contributed by atoms with Crippen LogP contribution in [-0.4, -0.2) is 29.1 Å². The Bertz CT molecular complexity index is 840. The van der Waals surface area contributed by atoms with Crippen molar-refractivity contribution in [2.45, 2.75) is 13.5 Å². The van der Waals surface area contributed by atoms with E-state index in [1.807, 2.05) is 42.5 Å². The van der Waals surface area contributed by atoms with Gasteiger partial charge < -0.3 is 14.2 Å². The summed E-state index contributed by atoms with van der Waals surface area (Å²) in [6.45, 7) is 2.34. The summed E-state index contributed by atoms with van der Waals surface area (Å²) < 4.78 is 17.7. The number of methoxy groups -OCH3 is 1. The zero-order chi connectivity index (χ0) is 16.9. The summed E-state index contributed by atoms with van der Waals surface area (Å²) in [6.07, 6.45) is 1.76. The molecular weight excluding hydrogens is 308 g/mol. The number of aromatic nitrogens is 2. The molecule has 24 heavy (non-hydrogen) atoms. The van der Waals surface area contributed by atoms with Gasteiger partial charge in [0.15, 0.2) is 5.69 Å². The Morgan fingerprint density at radius 2 is 1.96 bits per heavy atom. The Balaban J connectivity index is 1.87. The smallest absolute Gasteiger partial charge is 0.361 e. The molecule has 0 saturated carbocycles. The summed E-state index contributed by atoms with van der Waals surface area (Å²) in [5.74, 6) is 0.579. The Morgan fingerprint density at radius 1 is 1.17 bits per heavy atom. The van der Waals surface area contributed by atoms with Gasteiger partial charge in [0.1, 0.15) is 18.0 Å². The minimum atomic E-state index is -0.457. The molecule has 3 rings (SSSR count). The minimum absolute atomic E-state index is 0.260. The molecule has 0 bridgehead atoms. The molecule has 0 aliphatic heterocycles. The lowest BCUT2D eigenvalue weighted by Crippen LogP contribution is -2.10. The molecule has 6 heteroatoms. The predicted octanol–water partition coefficient (Wildman–Crippen LogP) is 3.10. The van der Waals surface area contributed by atoms with Gasteiger partial charge in [-0.3, -0.25) is 4.40 Å². The van der Waals surface area contributed by atoms with Gasteiger partial charge in [-0.05, 0) is 36.8 Å². The van der Waals surface area contributed by atoms with Crippen LogP contribution in [0.25, 0.3) is 5.65 Å². The number of hydrogen-bond donors (Lipinski definition) is 0. The van der Waals surface area contributed by atoms with E-state index in [2.05, 4.69) is 4.98 Å². The second-order valence-corrected chi connectivity index (χ2v) is 5.05. The second kappa shape index (κ2) is 7.04. The van der Waals surface area contributed by atoms with E-state index in [0.29, 0.717) is 17.9 Å². The number of rotatable bonds is 6. The monoisotopic (exact) mass is 326 g/mol. The van der Waals surface area contributed by atoms with Crippen molar-refractivity contribution in [2.75, 3.05) is 13.7 Å². The van der Waals surface area contributed by atoms with E-state index in [-0.39, 0.29) is 12.5 Å². The average Bonchev–Trinajstić information content (AvgIpc) is 2.99. The number of pyridine rings is 1. The van der Waals surface area contributed by atoms with Crippen LogP contribution in [0, 0.1) is 0 Å². The molecule has 0 saturated heterocycles. The molecule has 0 radical (unpaired) electrons. The lowest BCUT2D eigenvalue weighted by Gasteiger charge is -2.07. The highest BCUT2D eigenvalue weighted by atomic mass is 16.5. The van der Waals surface area contributed by atoms with E-state index in [0.717, 1.165) is 11.3 Å². The van der Waals surface area contributed by atoms with E-state index in [9.17, 15) is 4.79 Å². The van der Waals surface area contributed by atoms with Crippen LogP contribution in [0.5, 0.6) is 11.6 Å². The van der Waals surface area contributed by atoms with Crippen molar-refractivity contribution >= 4 is 11.6 Å². The third-order valence-corrected chi connectivity index (χ3v) is 3.50. The van der Waals surface area contributed by atoms with Crippen molar-refractivity contribution in [3.63, 3.8) is 0 Å². The average molecular weight is 326 g/mol. The third kappa shape index (κ3) is 3.17. The summed E-state index contributed by atoms with van der Waals surface area (Å²) in [4.78, 5) is 16.6. The molecule has 124 valence electrons. The third-order valence-electron chi connectivity index (χ3n) is 3.50. The Hall–Kier alpha value is -3.02. The van der Waals surface area contributed by atoms with Gasteiger partial charge in [0.05, 0.1) is 13.7 Å². The maximum Gasteiger partial charge on any atom is 0.361 e. The zero-order valence-corrected chi connectivity index (χ0v) is 13.6. The van der Waals surface area contributed by atoms with Crippen LogP contribution >= 0.6 is 0 Å². The van der Waals surface area contributed by atoms with E-state index in [1.54, 1.807) is 24.6 Å². The van der Waals surface area contributed by atoms with Crippen LogP contribution in [0.2, 0.25) is 0 Å². The minimum Gasteiger partial charge on any atom is -0.497 e. The normalized spacial score (nSPS) is 10.6. The van der Waals surface area contributed by atoms with Gasteiger partial charge in [-0.15, -0.1) is 0 Å². The van der Waals surface area contributed by atoms with Crippen LogP contribution in [0.3, 0.4) is 0 Å². The van der Waals surface area contributed by atoms with Gasteiger partial charge >= 0.3 is 5.97 Å². The van der Waals surface area contributed by atoms with Crippen molar-refractivity contribution in [3.05, 3.63) is 59.9 Å². The standard InChI is InChI=1S/C18H18N2O4/c1-3-23-18(21)16-17(19-15-6-4-5-11-20(15)16)24-12-13-7-9-14(22-2)10-8-13/h4-11H,3,12H2,1-2H3. The van der Waals surface area contributed by atoms with E-state index < -0.39 is 5.97 Å². The lowest BCUT2D eigenvalue weighted by molar-refractivity contribution is 0.0512. The molecule has 6 nitrogen and oxygen atoms in total. The Labute approximate surface area is 139 Å². The number of nitrogens with zero attached hydrogens (tertiary/aromatic N) is 2. The molecule has 0 fully saturated rings. The number of esters is 1. The van der Waals surface area contributed by atoms with Crippen LogP contribution < -0.4 is 9.47 Å². The molecule has 2 heterocycles. The number of hydrogen-bond acceptors (Lipinski definition) is 5. The molecule has 2 aromatic heterocycles. The largest absolute Gasteiger partial charge is 0.497 e. The quantitative estimate of drug-likeness (QED) is 0.651. The van der Waals surface area contributed by atoms with Gasteiger partial charge in [-0.1, -0.05) is 18.2 Å². The Morgan fingerprint density at radius 3 is 2.67 bits per heavy atom. The van der Waals surface area contributed by atoms with Crippen molar-refractivity contribution < 1.29 is 19.0 Å². The highest BCUT2D eigenvalue weighted by Crippen LogP contribution is 2.22. The van der Waals surface area contributed by atoms with Gasteiger partial charge in [0, 0.05) is 6.20 Å². The molecule has 0 aliphatic rings. The SMILES string of the molecule is CCOC(=O)c1c(OCc2ccc(OC)cc2)nc2ccccn12. The van der Waals surface area contributed by atoms with E-state index in [4.69, 9.17) is 14.2 Å². The molecule has 0 N–H and O–H groups in total. The highest BCUT2D eigenvalue weighted by Gasteiger charge is 2.21. The van der Waals surface area contributed by atoms with Gasteiger partial charge in [-0.25, -0.2) is 4.79 Å². The summed E-state index contributed by atoms with van der Waals surface area (Å²) in [6, 6.07) is 13.0. The topological polar surface area (TPSA) is 62.1 Å².